The summed E-state index contributed by atoms with van der Waals surface area (Å²) in [5.41, 5.74) is 3.36. The Balaban J connectivity index is 0.00000225. The molecule has 0 aliphatic carbocycles. The molecule has 0 saturated carbocycles. The maximum absolute atomic E-state index is 13.0. The SMILES string of the molecule is CCCN(C(=O)c1nnn(-c2ccc(C)cc2)c1C)C1CCNC1.Cl. The van der Waals surface area contributed by atoms with Crippen molar-refractivity contribution in [1.29, 1.82) is 0 Å². The number of halogens is 1. The predicted molar refractivity (Wildman–Crippen MR) is 101 cm³/mol. The van der Waals surface area contributed by atoms with Gasteiger partial charge in [0, 0.05) is 19.1 Å². The topological polar surface area (TPSA) is 63.1 Å². The molecule has 1 aromatic heterocycles. The molecule has 1 saturated heterocycles. The minimum atomic E-state index is -0.0126. The normalized spacial score (nSPS) is 16.5. The highest BCUT2D eigenvalue weighted by Gasteiger charge is 2.29. The number of aromatic nitrogens is 3. The lowest BCUT2D eigenvalue weighted by atomic mass is 10.1. The van der Waals surface area contributed by atoms with E-state index in [0.29, 0.717) is 5.69 Å². The fourth-order valence-electron chi connectivity index (χ4n) is 3.19. The average Bonchev–Trinajstić information content (AvgIpc) is 3.23. The molecule has 3 rings (SSSR count). The molecular weight excluding hydrogens is 338 g/mol. The van der Waals surface area contributed by atoms with Gasteiger partial charge in [0.15, 0.2) is 5.69 Å². The average molecular weight is 364 g/mol. The van der Waals surface area contributed by atoms with Gasteiger partial charge in [-0.2, -0.15) is 0 Å². The van der Waals surface area contributed by atoms with Crippen molar-refractivity contribution in [3.63, 3.8) is 0 Å². The third-order valence-corrected chi connectivity index (χ3v) is 4.58. The first-order valence-electron chi connectivity index (χ1n) is 8.63. The highest BCUT2D eigenvalue weighted by molar-refractivity contribution is 5.93. The molecule has 0 radical (unpaired) electrons. The summed E-state index contributed by atoms with van der Waals surface area (Å²) in [7, 11) is 0. The quantitative estimate of drug-likeness (QED) is 0.886. The van der Waals surface area contributed by atoms with E-state index in [4.69, 9.17) is 0 Å². The van der Waals surface area contributed by atoms with E-state index >= 15 is 0 Å². The maximum atomic E-state index is 13.0. The number of carbonyl (C=O) groups is 1. The highest BCUT2D eigenvalue weighted by Crippen LogP contribution is 2.18. The molecule has 1 aliphatic rings. The Kier molecular flexibility index (Phi) is 6.56. The van der Waals surface area contributed by atoms with Crippen LogP contribution in [0.15, 0.2) is 24.3 Å². The summed E-state index contributed by atoms with van der Waals surface area (Å²) in [5.74, 6) is -0.0126. The first kappa shape index (κ1) is 19.4. The molecule has 1 aliphatic heterocycles. The highest BCUT2D eigenvalue weighted by atomic mass is 35.5. The van der Waals surface area contributed by atoms with E-state index in [1.54, 1.807) is 4.68 Å². The smallest absolute Gasteiger partial charge is 0.276 e. The van der Waals surface area contributed by atoms with Crippen LogP contribution >= 0.6 is 12.4 Å². The van der Waals surface area contributed by atoms with Crippen molar-refractivity contribution in [2.75, 3.05) is 19.6 Å². The van der Waals surface area contributed by atoms with Crippen molar-refractivity contribution in [1.82, 2.24) is 25.2 Å². The fraction of sp³-hybridized carbons (Fsp3) is 0.500. The second-order valence-corrected chi connectivity index (χ2v) is 6.42. The molecular formula is C18H26ClN5O. The summed E-state index contributed by atoms with van der Waals surface area (Å²) in [6.45, 7) is 8.63. The van der Waals surface area contributed by atoms with E-state index in [1.807, 2.05) is 43.0 Å². The number of benzene rings is 1. The summed E-state index contributed by atoms with van der Waals surface area (Å²) in [4.78, 5) is 15.0. The summed E-state index contributed by atoms with van der Waals surface area (Å²) in [6, 6.07) is 8.31. The van der Waals surface area contributed by atoms with E-state index < -0.39 is 0 Å². The molecule has 1 amide bonds. The van der Waals surface area contributed by atoms with Crippen LogP contribution < -0.4 is 5.32 Å². The van der Waals surface area contributed by atoms with Crippen molar-refractivity contribution in [3.05, 3.63) is 41.2 Å². The standard InChI is InChI=1S/C18H25N5O.ClH/c1-4-11-22(16-9-10-19-12-16)18(24)17-14(3)23(21-20-17)15-7-5-13(2)6-8-15;/h5-8,16,19H,4,9-12H2,1-3H3;1H. The van der Waals surface area contributed by atoms with Crippen LogP contribution in [-0.2, 0) is 0 Å². The van der Waals surface area contributed by atoms with Crippen molar-refractivity contribution in [2.24, 2.45) is 0 Å². The Morgan fingerprint density at radius 1 is 1.32 bits per heavy atom. The van der Waals surface area contributed by atoms with Gasteiger partial charge in [0.25, 0.3) is 5.91 Å². The third-order valence-electron chi connectivity index (χ3n) is 4.58. The third kappa shape index (κ3) is 4.02. The number of aryl methyl sites for hydroxylation is 1. The monoisotopic (exact) mass is 363 g/mol. The van der Waals surface area contributed by atoms with Gasteiger partial charge in [-0.3, -0.25) is 4.79 Å². The second-order valence-electron chi connectivity index (χ2n) is 6.42. The van der Waals surface area contributed by atoms with Crippen molar-refractivity contribution >= 4 is 18.3 Å². The Hall–Kier alpha value is -1.92. The molecule has 25 heavy (non-hydrogen) atoms. The molecule has 0 bridgehead atoms. The van der Waals surface area contributed by atoms with Gasteiger partial charge in [-0.05, 0) is 45.4 Å². The molecule has 2 aromatic rings. The van der Waals surface area contributed by atoms with Crippen LogP contribution in [0, 0.1) is 13.8 Å². The number of carbonyl (C=O) groups excluding carboxylic acids is 1. The Labute approximate surface area is 155 Å². The van der Waals surface area contributed by atoms with Gasteiger partial charge >= 0.3 is 0 Å². The lowest BCUT2D eigenvalue weighted by Gasteiger charge is -2.27. The van der Waals surface area contributed by atoms with E-state index in [1.165, 1.54) is 5.56 Å². The maximum Gasteiger partial charge on any atom is 0.276 e. The van der Waals surface area contributed by atoms with Crippen molar-refractivity contribution < 1.29 is 4.79 Å². The molecule has 6 nitrogen and oxygen atoms in total. The lowest BCUT2D eigenvalue weighted by Crippen LogP contribution is -2.42. The zero-order valence-corrected chi connectivity index (χ0v) is 15.8. The molecule has 2 heterocycles. The predicted octanol–water partition coefficient (Wildman–Crippen LogP) is 2.52. The van der Waals surface area contributed by atoms with Gasteiger partial charge in [-0.1, -0.05) is 29.8 Å². The van der Waals surface area contributed by atoms with Gasteiger partial charge in [0.2, 0.25) is 0 Å². The van der Waals surface area contributed by atoms with E-state index in [2.05, 4.69) is 22.6 Å². The van der Waals surface area contributed by atoms with Gasteiger partial charge in [0.1, 0.15) is 0 Å². The van der Waals surface area contributed by atoms with E-state index in [0.717, 1.165) is 43.9 Å². The molecule has 1 fully saturated rings. The number of hydrogen-bond acceptors (Lipinski definition) is 4. The van der Waals surface area contributed by atoms with Crippen LogP contribution in [0.4, 0.5) is 0 Å². The zero-order chi connectivity index (χ0) is 17.1. The Morgan fingerprint density at radius 3 is 2.64 bits per heavy atom. The van der Waals surface area contributed by atoms with E-state index in [9.17, 15) is 4.79 Å². The number of rotatable bonds is 5. The molecule has 136 valence electrons. The number of hydrogen-bond donors (Lipinski definition) is 1. The van der Waals surface area contributed by atoms with Gasteiger partial charge in [-0.25, -0.2) is 4.68 Å². The van der Waals surface area contributed by atoms with E-state index in [-0.39, 0.29) is 24.4 Å². The minimum Gasteiger partial charge on any atom is -0.333 e. The van der Waals surface area contributed by atoms with Crippen LogP contribution in [0.2, 0.25) is 0 Å². The van der Waals surface area contributed by atoms with Crippen LogP contribution in [-0.4, -0.2) is 51.5 Å². The van der Waals surface area contributed by atoms with Crippen LogP contribution in [0.5, 0.6) is 0 Å². The Morgan fingerprint density at radius 2 is 2.04 bits per heavy atom. The second kappa shape index (κ2) is 8.45. The van der Waals surface area contributed by atoms with Crippen LogP contribution in [0.25, 0.3) is 5.69 Å². The zero-order valence-electron chi connectivity index (χ0n) is 15.0. The van der Waals surface area contributed by atoms with Gasteiger partial charge < -0.3 is 10.2 Å². The summed E-state index contributed by atoms with van der Waals surface area (Å²) < 4.78 is 1.74. The first-order chi connectivity index (χ1) is 11.6. The van der Waals surface area contributed by atoms with Gasteiger partial charge in [-0.15, -0.1) is 17.5 Å². The molecule has 1 N–H and O–H groups in total. The molecule has 7 heteroatoms. The fourth-order valence-corrected chi connectivity index (χ4v) is 3.19. The summed E-state index contributed by atoms with van der Waals surface area (Å²) in [6.07, 6.45) is 1.93. The van der Waals surface area contributed by atoms with Gasteiger partial charge in [0.05, 0.1) is 11.4 Å². The Bertz CT molecular complexity index is 707. The molecule has 1 atom stereocenters. The minimum absolute atomic E-state index is 0. The largest absolute Gasteiger partial charge is 0.333 e. The number of nitrogens with one attached hydrogen (secondary N) is 1. The van der Waals surface area contributed by atoms with Crippen molar-refractivity contribution in [3.8, 4) is 5.69 Å². The summed E-state index contributed by atoms with van der Waals surface area (Å²) in [5, 5.41) is 11.7. The lowest BCUT2D eigenvalue weighted by molar-refractivity contribution is 0.0685. The first-order valence-corrected chi connectivity index (χ1v) is 8.63. The molecule has 1 aromatic carbocycles. The number of nitrogens with zero attached hydrogens (tertiary/aromatic N) is 4. The number of amides is 1. The van der Waals surface area contributed by atoms with Crippen LogP contribution in [0.3, 0.4) is 0 Å². The molecule has 0 spiro atoms. The van der Waals surface area contributed by atoms with Crippen molar-refractivity contribution in [2.45, 2.75) is 39.7 Å². The molecule has 1 unspecified atom stereocenters. The van der Waals surface area contributed by atoms with Crippen LogP contribution in [0.1, 0.15) is 41.5 Å². The summed E-state index contributed by atoms with van der Waals surface area (Å²) >= 11 is 0.